The first-order valence-electron chi connectivity index (χ1n) is 18.3. The highest BCUT2D eigenvalue weighted by molar-refractivity contribution is 7.92. The van der Waals surface area contributed by atoms with Gasteiger partial charge in [0.05, 0.1) is 33.8 Å². The first kappa shape index (κ1) is 42.3. The fraction of sp³-hybridized carbons (Fsp3) is 0.684. The zero-order valence-corrected chi connectivity index (χ0v) is 32.6. The Hall–Kier alpha value is -3.43. The van der Waals surface area contributed by atoms with Gasteiger partial charge < -0.3 is 20.3 Å². The Morgan fingerprint density at radius 1 is 1.02 bits per heavy atom. The van der Waals surface area contributed by atoms with Crippen molar-refractivity contribution < 1.29 is 46.5 Å². The van der Waals surface area contributed by atoms with Crippen LogP contribution in [-0.2, 0) is 37.0 Å². The Morgan fingerprint density at radius 3 is 2.17 bits per heavy atom. The molecule has 4 rings (SSSR count). The van der Waals surface area contributed by atoms with Gasteiger partial charge in [-0.2, -0.15) is 0 Å². The highest BCUT2D eigenvalue weighted by Crippen LogP contribution is 2.45. The number of aryl methyl sites for hydroxylation is 1. The number of aliphatic hydroxyl groups is 2. The Kier molecular flexibility index (Phi) is 12.9. The molecule has 1 unspecified atom stereocenters. The number of halogens is 2. The Labute approximate surface area is 311 Å². The molecule has 0 bridgehead atoms. The number of nitrogens with one attached hydrogen (secondary N) is 2. The van der Waals surface area contributed by atoms with E-state index in [4.69, 9.17) is 4.74 Å². The van der Waals surface area contributed by atoms with E-state index in [2.05, 4.69) is 15.6 Å². The molecule has 2 aromatic rings. The third kappa shape index (κ3) is 11.5. The number of aliphatic hydroxyl groups excluding tert-OH is 1. The van der Waals surface area contributed by atoms with Gasteiger partial charge in [0.2, 0.25) is 23.7 Å². The first-order chi connectivity index (χ1) is 24.4. The number of hydrogen-bond donors (Lipinski definition) is 4. The number of alkyl halides is 2. The second kappa shape index (κ2) is 16.1. The summed E-state index contributed by atoms with van der Waals surface area (Å²) < 4.78 is 60.8. The molecule has 2 fully saturated rings. The van der Waals surface area contributed by atoms with Crippen molar-refractivity contribution >= 4 is 33.7 Å². The van der Waals surface area contributed by atoms with Gasteiger partial charge in [0.1, 0.15) is 11.7 Å². The van der Waals surface area contributed by atoms with Crippen LogP contribution in [0.1, 0.15) is 105 Å². The average Bonchev–Trinajstić information content (AvgIpc) is 3.83. The van der Waals surface area contributed by atoms with Crippen LogP contribution in [0.2, 0.25) is 0 Å². The minimum absolute atomic E-state index is 0.0195. The second-order valence-corrected chi connectivity index (χ2v) is 19.7. The van der Waals surface area contributed by atoms with Crippen molar-refractivity contribution in [1.29, 1.82) is 0 Å². The Bertz CT molecular complexity index is 1700. The van der Waals surface area contributed by atoms with Crippen LogP contribution >= 0.6 is 0 Å². The SMILES string of the molecule is CC(C)(C)OC(=O)n1cc(CC(CS(=O)(=O)C(C)(C)C)C(=O)N[C@@H](C2CCC(F)(F)CC2)[C@@H](O)[C@@](C)(O)C2CC2)nc1NC(=O)CCc1ccccc1. The number of imidazole rings is 1. The predicted molar refractivity (Wildman–Crippen MR) is 196 cm³/mol. The summed E-state index contributed by atoms with van der Waals surface area (Å²) in [4.78, 5) is 45.0. The molecule has 1 aromatic carbocycles. The Balaban J connectivity index is 1.66. The van der Waals surface area contributed by atoms with Gasteiger partial charge in [0.25, 0.3) is 0 Å². The minimum atomic E-state index is -3.95. The van der Waals surface area contributed by atoms with Gasteiger partial charge in [-0.05, 0) is 98.0 Å². The molecule has 2 aliphatic carbocycles. The highest BCUT2D eigenvalue weighted by atomic mass is 32.2. The standard InChI is InChI=1S/C38H56F2N4O8S/c1-35(2,3)52-34(48)44-22-28(41-33(44)42-29(45)16-13-24-11-9-8-10-12-24)21-26(23-53(50,51)36(4,5)6)32(47)43-30(25-17-19-38(39,40)20-18-25)31(46)37(7,49)27-14-15-27/h8-12,22,25-27,30-31,46,49H,13-21,23H2,1-7H3,(H,43,47)(H,41,42,45)/t26?,30-,31+,37-/m0/s1. The molecule has 0 radical (unpaired) electrons. The normalized spacial score (nSPS) is 19.8. The molecule has 1 aromatic heterocycles. The number of rotatable bonds is 14. The first-order valence-corrected chi connectivity index (χ1v) is 20.0. The largest absolute Gasteiger partial charge is 0.443 e. The summed E-state index contributed by atoms with van der Waals surface area (Å²) in [5.74, 6) is -7.12. The lowest BCUT2D eigenvalue weighted by Crippen LogP contribution is -2.59. The van der Waals surface area contributed by atoms with Crippen LogP contribution in [0.15, 0.2) is 36.5 Å². The third-order valence-electron chi connectivity index (χ3n) is 10.2. The molecule has 12 nitrogen and oxygen atoms in total. The van der Waals surface area contributed by atoms with Crippen LogP contribution in [0.4, 0.5) is 19.5 Å². The van der Waals surface area contributed by atoms with E-state index in [1.54, 1.807) is 20.8 Å². The van der Waals surface area contributed by atoms with Crippen LogP contribution in [0.25, 0.3) is 0 Å². The maximum absolute atomic E-state index is 14.2. The second-order valence-electron chi connectivity index (χ2n) is 16.9. The smallest absolute Gasteiger partial charge is 0.421 e. The summed E-state index contributed by atoms with van der Waals surface area (Å²) >= 11 is 0. The van der Waals surface area contributed by atoms with Gasteiger partial charge in [-0.15, -0.1) is 0 Å². The van der Waals surface area contributed by atoms with Crippen LogP contribution < -0.4 is 10.6 Å². The quantitative estimate of drug-likeness (QED) is 0.195. The molecule has 2 amide bonds. The van der Waals surface area contributed by atoms with Crippen molar-refractivity contribution in [2.75, 3.05) is 11.1 Å². The van der Waals surface area contributed by atoms with E-state index in [0.717, 1.165) is 10.1 Å². The minimum Gasteiger partial charge on any atom is -0.443 e. The fourth-order valence-electron chi connectivity index (χ4n) is 6.58. The lowest BCUT2D eigenvalue weighted by atomic mass is 9.75. The van der Waals surface area contributed by atoms with Crippen LogP contribution in [0, 0.1) is 17.8 Å². The van der Waals surface area contributed by atoms with Crippen molar-refractivity contribution in [3.05, 3.63) is 47.8 Å². The van der Waals surface area contributed by atoms with Crippen molar-refractivity contribution in [3.8, 4) is 0 Å². The maximum atomic E-state index is 14.2. The summed E-state index contributed by atoms with van der Waals surface area (Å²) in [6.45, 7) is 11.0. The van der Waals surface area contributed by atoms with Gasteiger partial charge in [-0.25, -0.2) is 31.5 Å². The van der Waals surface area contributed by atoms with Crippen molar-refractivity contribution in [2.24, 2.45) is 17.8 Å². The molecule has 0 saturated heterocycles. The zero-order valence-electron chi connectivity index (χ0n) is 31.8. The summed E-state index contributed by atoms with van der Waals surface area (Å²) in [6.07, 6.45) is -0.558. The topological polar surface area (TPSA) is 177 Å². The number of anilines is 1. The van der Waals surface area contributed by atoms with E-state index in [-0.39, 0.29) is 43.2 Å². The van der Waals surface area contributed by atoms with Gasteiger partial charge in [0, 0.05) is 31.9 Å². The summed E-state index contributed by atoms with van der Waals surface area (Å²) in [6, 6.07) is 8.18. The number of carbonyl (C=O) groups excluding carboxylic acids is 3. The summed E-state index contributed by atoms with van der Waals surface area (Å²) in [5.41, 5.74) is -1.51. The highest BCUT2D eigenvalue weighted by Gasteiger charge is 2.51. The van der Waals surface area contributed by atoms with Crippen molar-refractivity contribution in [1.82, 2.24) is 14.9 Å². The molecule has 296 valence electrons. The van der Waals surface area contributed by atoms with E-state index in [9.17, 15) is 41.8 Å². The monoisotopic (exact) mass is 766 g/mol. The molecule has 1 heterocycles. The van der Waals surface area contributed by atoms with E-state index >= 15 is 0 Å². The fourth-order valence-corrected chi connectivity index (χ4v) is 7.88. The number of aromatic nitrogens is 2. The molecule has 2 saturated carbocycles. The number of hydrogen-bond acceptors (Lipinski definition) is 9. The Morgan fingerprint density at radius 2 is 1.62 bits per heavy atom. The summed E-state index contributed by atoms with van der Waals surface area (Å²) in [7, 11) is -3.95. The molecular weight excluding hydrogens is 711 g/mol. The van der Waals surface area contributed by atoms with Gasteiger partial charge in [0.15, 0.2) is 9.84 Å². The lowest BCUT2D eigenvalue weighted by molar-refractivity contribution is -0.135. The molecule has 4 N–H and O–H groups in total. The van der Waals surface area contributed by atoms with Crippen LogP contribution in [0.3, 0.4) is 0 Å². The van der Waals surface area contributed by atoms with Crippen molar-refractivity contribution in [2.45, 2.75) is 140 Å². The van der Waals surface area contributed by atoms with Crippen molar-refractivity contribution in [3.63, 3.8) is 0 Å². The summed E-state index contributed by atoms with van der Waals surface area (Å²) in [5, 5.41) is 28.3. The van der Waals surface area contributed by atoms with Crippen LogP contribution in [-0.4, -0.2) is 85.9 Å². The maximum Gasteiger partial charge on any atom is 0.421 e. The molecule has 53 heavy (non-hydrogen) atoms. The van der Waals surface area contributed by atoms with Gasteiger partial charge in [-0.3, -0.25) is 14.9 Å². The molecule has 4 atom stereocenters. The molecule has 15 heteroatoms. The van der Waals surface area contributed by atoms with E-state index in [0.29, 0.717) is 19.3 Å². The van der Waals surface area contributed by atoms with Crippen LogP contribution in [0.5, 0.6) is 0 Å². The van der Waals surface area contributed by atoms with E-state index < -0.39 is 92.2 Å². The molecule has 0 spiro atoms. The van der Waals surface area contributed by atoms with Gasteiger partial charge >= 0.3 is 6.09 Å². The lowest BCUT2D eigenvalue weighted by Gasteiger charge is -2.42. The zero-order chi connectivity index (χ0) is 39.6. The number of benzene rings is 1. The number of amides is 2. The molecular formula is C38H56F2N4O8S. The van der Waals surface area contributed by atoms with E-state index in [1.807, 2.05) is 30.3 Å². The van der Waals surface area contributed by atoms with E-state index in [1.165, 1.54) is 33.9 Å². The van der Waals surface area contributed by atoms with Gasteiger partial charge in [-0.1, -0.05) is 30.3 Å². The number of ether oxygens (including phenoxy) is 1. The average molecular weight is 767 g/mol. The number of sulfone groups is 1. The number of nitrogens with zero attached hydrogens (tertiary/aromatic N) is 2. The predicted octanol–water partition coefficient (Wildman–Crippen LogP) is 5.44. The number of carbonyl (C=O) groups is 3. The third-order valence-corrected chi connectivity index (χ3v) is 12.9. The molecule has 0 aliphatic heterocycles. The molecule has 2 aliphatic rings.